The predicted molar refractivity (Wildman–Crippen MR) is 68.2 cm³/mol. The lowest BCUT2D eigenvalue weighted by Crippen LogP contribution is -2.43. The van der Waals surface area contributed by atoms with Crippen LogP contribution in [-0.4, -0.2) is 50.2 Å². The molecule has 2 N–H and O–H groups in total. The molecule has 0 aliphatic carbocycles. The number of likely N-dealkylation sites (N-methyl/N-ethyl adjacent to an activating group) is 1. The molecule has 4 nitrogen and oxygen atoms in total. The first-order valence-electron chi connectivity index (χ1n) is 6.69. The monoisotopic (exact) mass is 245 g/mol. The van der Waals surface area contributed by atoms with Gasteiger partial charge in [0.1, 0.15) is 0 Å². The Balaban J connectivity index is 2.00. The molecule has 0 aromatic heterocycles. The van der Waals surface area contributed by atoms with Crippen molar-refractivity contribution in [2.45, 2.75) is 50.7 Å². The molecular weight excluding hydrogens is 218 g/mol. The Morgan fingerprint density at radius 1 is 1.35 bits per heavy atom. The summed E-state index contributed by atoms with van der Waals surface area (Å²) in [5.41, 5.74) is -0.140. The van der Waals surface area contributed by atoms with Gasteiger partial charge in [-0.25, -0.2) is 0 Å². The van der Waals surface area contributed by atoms with Gasteiger partial charge in [0.25, 0.3) is 0 Å². The average molecular weight is 245 g/mol. The van der Waals surface area contributed by atoms with Gasteiger partial charge in [0.05, 0.1) is 12.7 Å². The van der Waals surface area contributed by atoms with Crippen LogP contribution in [0, 0.1) is 0 Å². The highest BCUT2D eigenvalue weighted by atomic mass is 16.5. The summed E-state index contributed by atoms with van der Waals surface area (Å²) in [5.74, 6) is 0. The number of rotatable bonds is 8. The van der Waals surface area contributed by atoms with Crippen molar-refractivity contribution in [3.8, 4) is 0 Å². The first-order chi connectivity index (χ1) is 8.20. The Bertz CT molecular complexity index is 189. The minimum Gasteiger partial charge on any atom is -0.394 e. The quantitative estimate of drug-likeness (QED) is 0.633. The Hall–Kier alpha value is -0.160. The van der Waals surface area contributed by atoms with Crippen LogP contribution >= 0.6 is 0 Å². The van der Waals surface area contributed by atoms with Crippen molar-refractivity contribution in [3.63, 3.8) is 0 Å². The second-order valence-electron chi connectivity index (χ2n) is 5.11. The van der Waals surface area contributed by atoms with Crippen LogP contribution in [-0.2, 0) is 9.47 Å². The van der Waals surface area contributed by atoms with E-state index >= 15 is 0 Å². The summed E-state index contributed by atoms with van der Waals surface area (Å²) in [4.78, 5) is 0. The van der Waals surface area contributed by atoms with Crippen molar-refractivity contribution in [1.82, 2.24) is 5.32 Å². The topological polar surface area (TPSA) is 50.7 Å². The lowest BCUT2D eigenvalue weighted by Gasteiger charge is -2.27. The molecule has 1 rings (SSSR count). The summed E-state index contributed by atoms with van der Waals surface area (Å²) in [6, 6.07) is 0. The number of ether oxygens (including phenoxy) is 2. The normalized spacial score (nSPS) is 21.4. The third kappa shape index (κ3) is 5.82. The minimum atomic E-state index is -0.140. The summed E-state index contributed by atoms with van der Waals surface area (Å²) in [7, 11) is 1.90. The van der Waals surface area contributed by atoms with E-state index < -0.39 is 0 Å². The van der Waals surface area contributed by atoms with Crippen LogP contribution in [0.2, 0.25) is 0 Å². The summed E-state index contributed by atoms with van der Waals surface area (Å²) < 4.78 is 11.1. The molecule has 4 heteroatoms. The molecule has 102 valence electrons. The molecule has 0 amide bonds. The van der Waals surface area contributed by atoms with E-state index in [1.54, 1.807) is 0 Å². The fraction of sp³-hybridized carbons (Fsp3) is 1.00. The van der Waals surface area contributed by atoms with Gasteiger partial charge in [-0.05, 0) is 46.1 Å². The highest BCUT2D eigenvalue weighted by Crippen LogP contribution is 2.14. The molecule has 1 saturated heterocycles. The number of nitrogens with one attached hydrogen (secondary N) is 1. The van der Waals surface area contributed by atoms with Crippen LogP contribution in [0.25, 0.3) is 0 Å². The van der Waals surface area contributed by atoms with E-state index in [2.05, 4.69) is 5.32 Å². The maximum Gasteiger partial charge on any atom is 0.0619 e. The molecule has 0 aromatic carbocycles. The zero-order chi connectivity index (χ0) is 12.6. The highest BCUT2D eigenvalue weighted by Gasteiger charge is 2.19. The van der Waals surface area contributed by atoms with E-state index in [1.807, 2.05) is 14.0 Å². The molecule has 1 unspecified atom stereocenters. The van der Waals surface area contributed by atoms with Crippen LogP contribution in [0.15, 0.2) is 0 Å². The van der Waals surface area contributed by atoms with Crippen molar-refractivity contribution in [1.29, 1.82) is 0 Å². The molecule has 0 radical (unpaired) electrons. The minimum absolute atomic E-state index is 0.140. The summed E-state index contributed by atoms with van der Waals surface area (Å²) >= 11 is 0. The first-order valence-corrected chi connectivity index (χ1v) is 6.69. The van der Waals surface area contributed by atoms with Crippen LogP contribution in [0.5, 0.6) is 0 Å². The van der Waals surface area contributed by atoms with Gasteiger partial charge in [-0.1, -0.05) is 0 Å². The van der Waals surface area contributed by atoms with Gasteiger partial charge in [-0.3, -0.25) is 0 Å². The van der Waals surface area contributed by atoms with E-state index in [9.17, 15) is 5.11 Å². The van der Waals surface area contributed by atoms with Crippen LogP contribution in [0.1, 0.15) is 39.0 Å². The predicted octanol–water partition coefficient (Wildman–Crippen LogP) is 1.32. The Kier molecular flexibility index (Phi) is 7.04. The van der Waals surface area contributed by atoms with Gasteiger partial charge in [-0.2, -0.15) is 0 Å². The maximum absolute atomic E-state index is 9.24. The second kappa shape index (κ2) is 8.03. The molecule has 0 spiro atoms. The first kappa shape index (κ1) is 14.9. The van der Waals surface area contributed by atoms with Gasteiger partial charge < -0.3 is 19.9 Å². The van der Waals surface area contributed by atoms with Gasteiger partial charge in [0.15, 0.2) is 0 Å². The van der Waals surface area contributed by atoms with E-state index in [1.165, 1.54) is 0 Å². The Morgan fingerprint density at radius 2 is 2.06 bits per heavy atom. The molecule has 0 saturated carbocycles. The van der Waals surface area contributed by atoms with Crippen molar-refractivity contribution in [2.75, 3.05) is 33.5 Å². The number of aliphatic hydroxyl groups excluding tert-OH is 1. The van der Waals surface area contributed by atoms with Crippen molar-refractivity contribution in [2.24, 2.45) is 0 Å². The van der Waals surface area contributed by atoms with Crippen molar-refractivity contribution >= 4 is 0 Å². The largest absolute Gasteiger partial charge is 0.394 e. The van der Waals surface area contributed by atoms with Crippen LogP contribution < -0.4 is 5.32 Å². The van der Waals surface area contributed by atoms with E-state index in [0.717, 1.165) is 51.9 Å². The zero-order valence-corrected chi connectivity index (χ0v) is 11.2. The summed E-state index contributed by atoms with van der Waals surface area (Å²) in [5, 5.41) is 12.4. The fourth-order valence-electron chi connectivity index (χ4n) is 1.99. The van der Waals surface area contributed by atoms with Crippen molar-refractivity contribution in [3.05, 3.63) is 0 Å². The smallest absolute Gasteiger partial charge is 0.0619 e. The third-order valence-electron chi connectivity index (χ3n) is 3.60. The average Bonchev–Trinajstić information content (AvgIpc) is 2.39. The molecular formula is C13H27NO3. The fourth-order valence-corrected chi connectivity index (χ4v) is 1.99. The molecule has 0 aromatic rings. The highest BCUT2D eigenvalue weighted by molar-refractivity contribution is 4.79. The van der Waals surface area contributed by atoms with E-state index in [0.29, 0.717) is 6.10 Å². The molecule has 1 aliphatic heterocycles. The number of hydrogen-bond donors (Lipinski definition) is 2. The Labute approximate surface area is 105 Å². The molecule has 1 heterocycles. The number of aliphatic hydroxyl groups is 1. The number of hydrogen-bond acceptors (Lipinski definition) is 4. The van der Waals surface area contributed by atoms with E-state index in [4.69, 9.17) is 9.47 Å². The third-order valence-corrected chi connectivity index (χ3v) is 3.60. The second-order valence-corrected chi connectivity index (χ2v) is 5.11. The lowest BCUT2D eigenvalue weighted by atomic mass is 9.96. The van der Waals surface area contributed by atoms with Crippen LogP contribution in [0.3, 0.4) is 0 Å². The van der Waals surface area contributed by atoms with Crippen LogP contribution in [0.4, 0.5) is 0 Å². The van der Waals surface area contributed by atoms with E-state index in [-0.39, 0.29) is 12.1 Å². The lowest BCUT2D eigenvalue weighted by molar-refractivity contribution is -0.0330. The Morgan fingerprint density at radius 3 is 2.65 bits per heavy atom. The van der Waals surface area contributed by atoms with Gasteiger partial charge in [-0.15, -0.1) is 0 Å². The number of unbranched alkanes of at least 4 members (excludes halogenated alkanes) is 1. The molecule has 17 heavy (non-hydrogen) atoms. The molecule has 0 bridgehead atoms. The molecule has 1 fully saturated rings. The summed E-state index contributed by atoms with van der Waals surface area (Å²) in [6.45, 7) is 4.74. The standard InChI is InChI=1S/C13H27NO3/c1-13(11-15,14-2)7-3-4-8-17-12-5-9-16-10-6-12/h12,14-15H,3-11H2,1-2H3. The molecule has 1 aliphatic rings. The van der Waals surface area contributed by atoms with Gasteiger partial charge in [0, 0.05) is 25.4 Å². The van der Waals surface area contributed by atoms with Crippen molar-refractivity contribution < 1.29 is 14.6 Å². The summed E-state index contributed by atoms with van der Waals surface area (Å²) in [6.07, 6.45) is 5.60. The van der Waals surface area contributed by atoms with Gasteiger partial charge >= 0.3 is 0 Å². The van der Waals surface area contributed by atoms with Gasteiger partial charge in [0.2, 0.25) is 0 Å². The SMILES string of the molecule is CNC(C)(CO)CCCCOC1CCOCC1. The maximum atomic E-state index is 9.24. The molecule has 1 atom stereocenters. The zero-order valence-electron chi connectivity index (χ0n) is 11.2.